The smallest absolute Gasteiger partial charge is 0.242 e. The molecule has 0 atom stereocenters. The molecule has 1 amide bonds. The minimum Gasteiger partial charge on any atom is -0.397 e. The van der Waals surface area contributed by atoms with E-state index < -0.39 is 0 Å². The van der Waals surface area contributed by atoms with Crippen LogP contribution >= 0.6 is 0 Å². The number of nitrogens with two attached hydrogens (primary N) is 1. The fourth-order valence-electron chi connectivity index (χ4n) is 2.22. The van der Waals surface area contributed by atoms with E-state index >= 15 is 0 Å². The van der Waals surface area contributed by atoms with Crippen molar-refractivity contribution in [3.63, 3.8) is 0 Å². The summed E-state index contributed by atoms with van der Waals surface area (Å²) < 4.78 is 5.26. The van der Waals surface area contributed by atoms with E-state index in [1.165, 1.54) is 0 Å². The number of hydrogen-bond donors (Lipinski definition) is 1. The van der Waals surface area contributed by atoms with Crippen molar-refractivity contribution < 1.29 is 9.53 Å². The van der Waals surface area contributed by atoms with Crippen LogP contribution in [0.3, 0.4) is 0 Å². The van der Waals surface area contributed by atoms with Crippen molar-refractivity contribution in [2.75, 3.05) is 50.0 Å². The summed E-state index contributed by atoms with van der Waals surface area (Å²) in [5.74, 6) is 0.133. The Balaban J connectivity index is 2.02. The number of nitrogen functional groups attached to an aromatic ring is 1. The Morgan fingerprint density at radius 1 is 1.37 bits per heavy atom. The molecule has 5 heteroatoms. The highest BCUT2D eigenvalue weighted by molar-refractivity contribution is 5.83. The van der Waals surface area contributed by atoms with Gasteiger partial charge in [0.05, 0.1) is 31.1 Å². The first-order valence-electron chi connectivity index (χ1n) is 6.67. The molecule has 2 N–H and O–H groups in total. The summed E-state index contributed by atoms with van der Waals surface area (Å²) in [6.45, 7) is 5.77. The highest BCUT2D eigenvalue weighted by atomic mass is 16.5. The third kappa shape index (κ3) is 3.38. The molecule has 0 aliphatic carbocycles. The van der Waals surface area contributed by atoms with Gasteiger partial charge in [-0.3, -0.25) is 4.79 Å². The molecule has 0 unspecified atom stereocenters. The van der Waals surface area contributed by atoms with Crippen molar-refractivity contribution in [2.45, 2.75) is 6.92 Å². The van der Waals surface area contributed by atoms with E-state index in [0.29, 0.717) is 38.5 Å². The summed E-state index contributed by atoms with van der Waals surface area (Å²) in [6.07, 6.45) is 0. The second-order valence-corrected chi connectivity index (χ2v) is 4.57. The molecule has 0 aromatic heterocycles. The molecule has 1 aromatic rings. The van der Waals surface area contributed by atoms with Crippen LogP contribution in [0.25, 0.3) is 0 Å². The topological polar surface area (TPSA) is 58.8 Å². The van der Waals surface area contributed by atoms with E-state index in [1.807, 2.05) is 41.0 Å². The van der Waals surface area contributed by atoms with Crippen LogP contribution in [0.4, 0.5) is 11.4 Å². The van der Waals surface area contributed by atoms with Crippen molar-refractivity contribution in [2.24, 2.45) is 0 Å². The zero-order valence-corrected chi connectivity index (χ0v) is 11.3. The van der Waals surface area contributed by atoms with Crippen LogP contribution < -0.4 is 10.6 Å². The number of amides is 1. The van der Waals surface area contributed by atoms with Crippen LogP contribution in [0.5, 0.6) is 0 Å². The molecule has 0 bridgehead atoms. The summed E-state index contributed by atoms with van der Waals surface area (Å²) in [4.78, 5) is 16.1. The third-order valence-corrected chi connectivity index (χ3v) is 3.35. The van der Waals surface area contributed by atoms with Crippen molar-refractivity contribution in [3.8, 4) is 0 Å². The molecule has 0 radical (unpaired) electrons. The van der Waals surface area contributed by atoms with Gasteiger partial charge in [-0.2, -0.15) is 0 Å². The van der Waals surface area contributed by atoms with Gasteiger partial charge in [-0.05, 0) is 19.1 Å². The number of nitrogens with zero attached hydrogens (tertiary/aromatic N) is 2. The third-order valence-electron chi connectivity index (χ3n) is 3.35. The summed E-state index contributed by atoms with van der Waals surface area (Å²) in [6, 6.07) is 7.65. The Labute approximate surface area is 113 Å². The Morgan fingerprint density at radius 2 is 2.05 bits per heavy atom. The second kappa shape index (κ2) is 6.43. The molecular weight excluding hydrogens is 242 g/mol. The van der Waals surface area contributed by atoms with Gasteiger partial charge in [0, 0.05) is 19.6 Å². The molecular formula is C14H21N3O2. The number of likely N-dealkylation sites (N-methyl/N-ethyl adjacent to an activating group) is 1. The number of anilines is 2. The lowest BCUT2D eigenvalue weighted by Crippen LogP contribution is -2.46. The van der Waals surface area contributed by atoms with E-state index in [9.17, 15) is 4.79 Å². The maximum atomic E-state index is 12.2. The van der Waals surface area contributed by atoms with Crippen molar-refractivity contribution >= 4 is 17.3 Å². The van der Waals surface area contributed by atoms with Gasteiger partial charge in [0.15, 0.2) is 0 Å². The first-order valence-corrected chi connectivity index (χ1v) is 6.67. The van der Waals surface area contributed by atoms with Crippen LogP contribution in [-0.4, -0.2) is 50.2 Å². The van der Waals surface area contributed by atoms with Gasteiger partial charge in [0.1, 0.15) is 0 Å². The monoisotopic (exact) mass is 263 g/mol. The molecule has 0 saturated carbocycles. The fraction of sp³-hybridized carbons (Fsp3) is 0.500. The average molecular weight is 263 g/mol. The minimum atomic E-state index is 0.133. The van der Waals surface area contributed by atoms with E-state index in [0.717, 1.165) is 12.2 Å². The Bertz CT molecular complexity index is 430. The predicted octanol–water partition coefficient (Wildman–Crippen LogP) is 0.954. The van der Waals surface area contributed by atoms with E-state index in [2.05, 4.69) is 0 Å². The van der Waals surface area contributed by atoms with Gasteiger partial charge in [0.2, 0.25) is 5.91 Å². The zero-order chi connectivity index (χ0) is 13.7. The predicted molar refractivity (Wildman–Crippen MR) is 76.1 cm³/mol. The fourth-order valence-corrected chi connectivity index (χ4v) is 2.22. The number of rotatable bonds is 4. The number of hydrogen-bond acceptors (Lipinski definition) is 4. The Hall–Kier alpha value is -1.75. The molecule has 1 aromatic carbocycles. The number of benzene rings is 1. The van der Waals surface area contributed by atoms with Gasteiger partial charge >= 0.3 is 0 Å². The lowest BCUT2D eigenvalue weighted by Gasteiger charge is -2.30. The summed E-state index contributed by atoms with van der Waals surface area (Å²) in [5, 5.41) is 0. The van der Waals surface area contributed by atoms with E-state index in [4.69, 9.17) is 10.5 Å². The van der Waals surface area contributed by atoms with Crippen LogP contribution in [0.2, 0.25) is 0 Å². The Kier molecular flexibility index (Phi) is 4.63. The lowest BCUT2D eigenvalue weighted by atomic mass is 10.2. The van der Waals surface area contributed by atoms with Crippen LogP contribution in [-0.2, 0) is 9.53 Å². The maximum absolute atomic E-state index is 12.2. The first-order chi connectivity index (χ1) is 9.22. The normalized spacial score (nSPS) is 15.3. The zero-order valence-electron chi connectivity index (χ0n) is 11.3. The SMILES string of the molecule is CCN(CC(=O)N1CCOCC1)c1ccccc1N. The number of carbonyl (C=O) groups is 1. The van der Waals surface area contributed by atoms with Crippen LogP contribution in [0.1, 0.15) is 6.92 Å². The van der Waals surface area contributed by atoms with Gasteiger partial charge in [-0.1, -0.05) is 12.1 Å². The van der Waals surface area contributed by atoms with Gasteiger partial charge in [0.25, 0.3) is 0 Å². The highest BCUT2D eigenvalue weighted by Gasteiger charge is 2.19. The van der Waals surface area contributed by atoms with Crippen LogP contribution in [0.15, 0.2) is 24.3 Å². The number of para-hydroxylation sites is 2. The van der Waals surface area contributed by atoms with E-state index in [-0.39, 0.29) is 5.91 Å². The number of morpholine rings is 1. The highest BCUT2D eigenvalue weighted by Crippen LogP contribution is 2.22. The van der Waals surface area contributed by atoms with Crippen molar-refractivity contribution in [3.05, 3.63) is 24.3 Å². The minimum absolute atomic E-state index is 0.133. The summed E-state index contributed by atoms with van der Waals surface area (Å²) >= 11 is 0. The number of carbonyl (C=O) groups excluding carboxylic acids is 1. The summed E-state index contributed by atoms with van der Waals surface area (Å²) in [7, 11) is 0. The van der Waals surface area contributed by atoms with Gasteiger partial charge in [-0.25, -0.2) is 0 Å². The molecule has 0 spiro atoms. The molecule has 2 rings (SSSR count). The standard InChI is InChI=1S/C14H21N3O2/c1-2-16(13-6-4-3-5-12(13)15)11-14(18)17-7-9-19-10-8-17/h3-6H,2,7-11,15H2,1H3. The maximum Gasteiger partial charge on any atom is 0.242 e. The molecule has 1 aliphatic rings. The molecule has 1 fully saturated rings. The van der Waals surface area contributed by atoms with Crippen molar-refractivity contribution in [1.82, 2.24) is 4.90 Å². The quantitative estimate of drug-likeness (QED) is 0.822. The molecule has 19 heavy (non-hydrogen) atoms. The average Bonchev–Trinajstić information content (AvgIpc) is 2.46. The first kappa shape index (κ1) is 13.7. The second-order valence-electron chi connectivity index (χ2n) is 4.57. The molecule has 1 aliphatic heterocycles. The van der Waals surface area contributed by atoms with E-state index in [1.54, 1.807) is 0 Å². The summed E-state index contributed by atoms with van der Waals surface area (Å²) in [5.41, 5.74) is 7.59. The lowest BCUT2D eigenvalue weighted by molar-refractivity contribution is -0.133. The van der Waals surface area contributed by atoms with Crippen LogP contribution in [0, 0.1) is 0 Å². The molecule has 1 saturated heterocycles. The Morgan fingerprint density at radius 3 is 2.68 bits per heavy atom. The molecule has 5 nitrogen and oxygen atoms in total. The number of ether oxygens (including phenoxy) is 1. The van der Waals surface area contributed by atoms with Gasteiger partial charge < -0.3 is 20.3 Å². The van der Waals surface area contributed by atoms with Gasteiger partial charge in [-0.15, -0.1) is 0 Å². The largest absolute Gasteiger partial charge is 0.397 e. The van der Waals surface area contributed by atoms with Crippen molar-refractivity contribution in [1.29, 1.82) is 0 Å². The molecule has 104 valence electrons. The molecule has 1 heterocycles.